The maximum absolute atomic E-state index is 11.8. The molecule has 0 saturated carbocycles. The summed E-state index contributed by atoms with van der Waals surface area (Å²) in [6.07, 6.45) is -0.121. The molecule has 1 heterocycles. The summed E-state index contributed by atoms with van der Waals surface area (Å²) in [5, 5.41) is 2.83. The number of aryl methyl sites for hydroxylation is 1. The van der Waals surface area contributed by atoms with Gasteiger partial charge in [-0.15, -0.1) is 11.3 Å². The minimum atomic E-state index is -0.158. The standard InChI is InChI=1S/C16H19NO3S/c1-12-8-9-15(21-12)14(19-2)10-17-16(18)11-20-13-6-4-3-5-7-13/h3-9,14H,10-11H2,1-2H3,(H,17,18). The third kappa shape index (κ3) is 4.88. The van der Waals surface area contributed by atoms with Crippen LogP contribution in [0.4, 0.5) is 0 Å². The van der Waals surface area contributed by atoms with Gasteiger partial charge in [0, 0.05) is 23.4 Å². The van der Waals surface area contributed by atoms with Crippen LogP contribution in [0.3, 0.4) is 0 Å². The fourth-order valence-electron chi connectivity index (χ4n) is 1.85. The van der Waals surface area contributed by atoms with Crippen LogP contribution in [0.2, 0.25) is 0 Å². The summed E-state index contributed by atoms with van der Waals surface area (Å²) >= 11 is 1.67. The lowest BCUT2D eigenvalue weighted by molar-refractivity contribution is -0.123. The average Bonchev–Trinajstić information content (AvgIpc) is 2.93. The predicted octanol–water partition coefficient (Wildman–Crippen LogP) is 2.94. The first-order valence-electron chi connectivity index (χ1n) is 6.72. The Morgan fingerprint density at radius 3 is 2.62 bits per heavy atom. The van der Waals surface area contributed by atoms with E-state index in [1.807, 2.05) is 49.4 Å². The SMILES string of the molecule is COC(CNC(=O)COc1ccccc1)c1ccc(C)s1. The molecule has 1 aromatic heterocycles. The molecule has 21 heavy (non-hydrogen) atoms. The summed E-state index contributed by atoms with van der Waals surface area (Å²) in [4.78, 5) is 14.1. The van der Waals surface area contributed by atoms with Crippen molar-refractivity contribution in [1.29, 1.82) is 0 Å². The van der Waals surface area contributed by atoms with Crippen LogP contribution in [0.1, 0.15) is 15.9 Å². The normalized spacial score (nSPS) is 11.9. The van der Waals surface area contributed by atoms with Crippen molar-refractivity contribution in [3.8, 4) is 5.75 Å². The molecule has 1 amide bonds. The lowest BCUT2D eigenvalue weighted by Gasteiger charge is -2.14. The van der Waals surface area contributed by atoms with E-state index in [-0.39, 0.29) is 18.6 Å². The molecule has 0 fully saturated rings. The number of hydrogen-bond acceptors (Lipinski definition) is 4. The van der Waals surface area contributed by atoms with E-state index in [2.05, 4.69) is 5.32 Å². The van der Waals surface area contributed by atoms with Crippen molar-refractivity contribution in [1.82, 2.24) is 5.32 Å². The van der Waals surface area contributed by atoms with Crippen LogP contribution in [0.25, 0.3) is 0 Å². The van der Waals surface area contributed by atoms with E-state index >= 15 is 0 Å². The van der Waals surface area contributed by atoms with Gasteiger partial charge in [0.25, 0.3) is 5.91 Å². The minimum Gasteiger partial charge on any atom is -0.484 e. The molecule has 1 unspecified atom stereocenters. The maximum Gasteiger partial charge on any atom is 0.258 e. The van der Waals surface area contributed by atoms with Gasteiger partial charge in [0.15, 0.2) is 6.61 Å². The van der Waals surface area contributed by atoms with E-state index in [0.29, 0.717) is 12.3 Å². The lowest BCUT2D eigenvalue weighted by Crippen LogP contribution is -2.32. The van der Waals surface area contributed by atoms with Crippen molar-refractivity contribution < 1.29 is 14.3 Å². The van der Waals surface area contributed by atoms with Crippen molar-refractivity contribution in [3.63, 3.8) is 0 Å². The fraction of sp³-hybridized carbons (Fsp3) is 0.312. The second-order valence-corrected chi connectivity index (χ2v) is 5.90. The van der Waals surface area contributed by atoms with Crippen molar-refractivity contribution in [2.45, 2.75) is 13.0 Å². The molecule has 0 aliphatic carbocycles. The van der Waals surface area contributed by atoms with Crippen LogP contribution in [-0.4, -0.2) is 26.2 Å². The zero-order valence-electron chi connectivity index (χ0n) is 12.2. The van der Waals surface area contributed by atoms with Gasteiger partial charge in [-0.3, -0.25) is 4.79 Å². The minimum absolute atomic E-state index is 0.00388. The van der Waals surface area contributed by atoms with Gasteiger partial charge in [0.2, 0.25) is 0 Å². The van der Waals surface area contributed by atoms with Crippen LogP contribution in [0, 0.1) is 6.92 Å². The topological polar surface area (TPSA) is 47.6 Å². The van der Waals surface area contributed by atoms with E-state index < -0.39 is 0 Å². The van der Waals surface area contributed by atoms with Crippen LogP contribution in [0.15, 0.2) is 42.5 Å². The Kier molecular flexibility index (Phi) is 5.78. The van der Waals surface area contributed by atoms with E-state index in [9.17, 15) is 4.79 Å². The molecule has 1 atom stereocenters. The summed E-state index contributed by atoms with van der Waals surface area (Å²) in [6, 6.07) is 13.4. The summed E-state index contributed by atoms with van der Waals surface area (Å²) in [5.74, 6) is 0.527. The second-order valence-electron chi connectivity index (χ2n) is 4.58. The summed E-state index contributed by atoms with van der Waals surface area (Å²) in [5.41, 5.74) is 0. The maximum atomic E-state index is 11.8. The van der Waals surface area contributed by atoms with Crippen molar-refractivity contribution >= 4 is 17.2 Å². The molecule has 0 spiro atoms. The Morgan fingerprint density at radius 1 is 1.24 bits per heavy atom. The van der Waals surface area contributed by atoms with Gasteiger partial charge in [0.05, 0.1) is 0 Å². The Labute approximate surface area is 128 Å². The van der Waals surface area contributed by atoms with Gasteiger partial charge in [-0.05, 0) is 31.2 Å². The molecule has 0 saturated heterocycles. The van der Waals surface area contributed by atoms with E-state index in [1.165, 1.54) is 4.88 Å². The number of benzene rings is 1. The first kappa shape index (κ1) is 15.5. The Bertz CT molecular complexity index is 568. The van der Waals surface area contributed by atoms with Gasteiger partial charge < -0.3 is 14.8 Å². The number of ether oxygens (including phenoxy) is 2. The number of nitrogens with one attached hydrogen (secondary N) is 1. The third-order valence-electron chi connectivity index (χ3n) is 2.96. The summed E-state index contributed by atoms with van der Waals surface area (Å²) in [7, 11) is 1.65. The largest absolute Gasteiger partial charge is 0.484 e. The Balaban J connectivity index is 1.77. The van der Waals surface area contributed by atoms with E-state index in [1.54, 1.807) is 18.4 Å². The number of hydrogen-bond donors (Lipinski definition) is 1. The first-order chi connectivity index (χ1) is 10.2. The van der Waals surface area contributed by atoms with Crippen molar-refractivity contribution in [2.24, 2.45) is 0 Å². The zero-order valence-corrected chi connectivity index (χ0v) is 13.0. The molecule has 1 N–H and O–H groups in total. The first-order valence-corrected chi connectivity index (χ1v) is 7.54. The number of carbonyl (C=O) groups excluding carboxylic acids is 1. The van der Waals surface area contributed by atoms with Crippen molar-refractivity contribution in [3.05, 3.63) is 52.2 Å². The fourth-order valence-corrected chi connectivity index (χ4v) is 2.80. The highest BCUT2D eigenvalue weighted by molar-refractivity contribution is 7.12. The van der Waals surface area contributed by atoms with Gasteiger partial charge >= 0.3 is 0 Å². The molecule has 0 bridgehead atoms. The molecule has 4 nitrogen and oxygen atoms in total. The van der Waals surface area contributed by atoms with Gasteiger partial charge in [0.1, 0.15) is 11.9 Å². The van der Waals surface area contributed by atoms with Gasteiger partial charge in [-0.25, -0.2) is 0 Å². The Hall–Kier alpha value is -1.85. The number of para-hydroxylation sites is 1. The quantitative estimate of drug-likeness (QED) is 0.855. The van der Waals surface area contributed by atoms with Crippen molar-refractivity contribution in [2.75, 3.05) is 20.3 Å². The molecule has 0 radical (unpaired) electrons. The summed E-state index contributed by atoms with van der Waals surface area (Å²) < 4.78 is 10.8. The molecule has 2 rings (SSSR count). The molecule has 0 aliphatic heterocycles. The molecule has 0 aliphatic rings. The molecular weight excluding hydrogens is 286 g/mol. The smallest absolute Gasteiger partial charge is 0.258 e. The molecule has 5 heteroatoms. The number of methoxy groups -OCH3 is 1. The van der Waals surface area contributed by atoms with E-state index in [0.717, 1.165) is 4.88 Å². The lowest BCUT2D eigenvalue weighted by atomic mass is 10.3. The number of rotatable bonds is 7. The van der Waals surface area contributed by atoms with Gasteiger partial charge in [-0.2, -0.15) is 0 Å². The number of thiophene rings is 1. The van der Waals surface area contributed by atoms with Gasteiger partial charge in [-0.1, -0.05) is 18.2 Å². The predicted molar refractivity (Wildman–Crippen MR) is 83.8 cm³/mol. The highest BCUT2D eigenvalue weighted by Crippen LogP contribution is 2.24. The average molecular weight is 305 g/mol. The highest BCUT2D eigenvalue weighted by atomic mass is 32.1. The van der Waals surface area contributed by atoms with Crippen LogP contribution < -0.4 is 10.1 Å². The Morgan fingerprint density at radius 2 is 2.00 bits per heavy atom. The second kappa shape index (κ2) is 7.81. The number of amides is 1. The molecule has 1 aromatic carbocycles. The molecular formula is C16H19NO3S. The number of carbonyl (C=O) groups is 1. The molecule has 112 valence electrons. The van der Waals surface area contributed by atoms with Crippen LogP contribution >= 0.6 is 11.3 Å². The van der Waals surface area contributed by atoms with Crippen LogP contribution in [0.5, 0.6) is 5.75 Å². The third-order valence-corrected chi connectivity index (χ3v) is 4.05. The van der Waals surface area contributed by atoms with E-state index in [4.69, 9.17) is 9.47 Å². The zero-order chi connectivity index (χ0) is 15.1. The molecule has 2 aromatic rings. The highest BCUT2D eigenvalue weighted by Gasteiger charge is 2.14. The monoisotopic (exact) mass is 305 g/mol. The summed E-state index contributed by atoms with van der Waals surface area (Å²) in [6.45, 7) is 2.49. The van der Waals surface area contributed by atoms with Crippen LogP contribution in [-0.2, 0) is 9.53 Å².